The van der Waals surface area contributed by atoms with Crippen LogP contribution in [0.3, 0.4) is 0 Å². The van der Waals surface area contributed by atoms with Crippen LogP contribution in [0, 0.1) is 10.1 Å². The summed E-state index contributed by atoms with van der Waals surface area (Å²) in [5, 5.41) is 11.2. The fraction of sp³-hybridized carbons (Fsp3) is 0.132. The van der Waals surface area contributed by atoms with E-state index >= 15 is 0 Å². The topological polar surface area (TPSA) is 178 Å². The summed E-state index contributed by atoms with van der Waals surface area (Å²) in [6.07, 6.45) is -7.85. The zero-order chi connectivity index (χ0) is 37.4. The molecule has 0 bridgehead atoms. The van der Waals surface area contributed by atoms with E-state index in [1.165, 1.54) is 29.2 Å². The van der Waals surface area contributed by atoms with Crippen LogP contribution in [0.2, 0.25) is 0 Å². The number of rotatable bonds is 12. The third-order valence-corrected chi connectivity index (χ3v) is 9.24. The fourth-order valence-electron chi connectivity index (χ4n) is 5.35. The summed E-state index contributed by atoms with van der Waals surface area (Å²) in [4.78, 5) is 51.6. The van der Waals surface area contributed by atoms with Gasteiger partial charge in [0, 0.05) is 12.1 Å². The molecule has 1 saturated heterocycles. The van der Waals surface area contributed by atoms with Crippen molar-refractivity contribution >= 4 is 45.2 Å². The van der Waals surface area contributed by atoms with Crippen LogP contribution in [-0.2, 0) is 33.2 Å². The minimum absolute atomic E-state index is 0.0873. The Bertz CT molecular complexity index is 2120. The molecule has 270 valence electrons. The number of hydrogen-bond donors (Lipinski definition) is 0. The summed E-state index contributed by atoms with van der Waals surface area (Å²) in [5.41, 5.74) is 0.679. The first-order valence-electron chi connectivity index (χ1n) is 16.0. The number of benzene rings is 5. The number of ether oxygens (including phenoxy) is 4. The Kier molecular flexibility index (Phi) is 11.2. The van der Waals surface area contributed by atoms with Crippen molar-refractivity contribution in [1.29, 1.82) is 0 Å². The number of nitrogens with zero attached hydrogens (tertiary/aromatic N) is 2. The quantitative estimate of drug-likeness (QED) is 0.0450. The van der Waals surface area contributed by atoms with E-state index in [1.807, 2.05) is 0 Å². The fourth-order valence-corrected chi connectivity index (χ4v) is 6.42. The van der Waals surface area contributed by atoms with E-state index < -0.39 is 69.2 Å². The number of anilines is 2. The van der Waals surface area contributed by atoms with Crippen LogP contribution in [0.5, 0.6) is 0 Å². The summed E-state index contributed by atoms with van der Waals surface area (Å²) >= 11 is 0. The molecule has 4 atom stereocenters. The average Bonchev–Trinajstić information content (AvgIpc) is 3.48. The second-order valence-corrected chi connectivity index (χ2v) is 13.0. The molecule has 14 nitrogen and oxygen atoms in total. The van der Waals surface area contributed by atoms with Crippen LogP contribution in [-0.4, -0.2) is 62.6 Å². The van der Waals surface area contributed by atoms with Gasteiger partial charge >= 0.3 is 18.0 Å². The van der Waals surface area contributed by atoms with Crippen molar-refractivity contribution in [2.75, 3.05) is 11.5 Å². The van der Waals surface area contributed by atoms with Crippen LogP contribution in [0.1, 0.15) is 20.7 Å². The molecule has 0 unspecified atom stereocenters. The van der Waals surface area contributed by atoms with E-state index in [2.05, 4.69) is 0 Å². The molecule has 0 N–H and O–H groups in total. The largest absolute Gasteiger partial charge is 0.459 e. The first kappa shape index (κ1) is 36.4. The molecule has 5 aromatic rings. The Morgan fingerprint density at radius 2 is 1.15 bits per heavy atom. The van der Waals surface area contributed by atoms with E-state index in [9.17, 15) is 32.9 Å². The van der Waals surface area contributed by atoms with E-state index in [1.54, 1.807) is 97.1 Å². The first-order chi connectivity index (χ1) is 25.6. The Hall–Kier alpha value is -6.42. The predicted molar refractivity (Wildman–Crippen MR) is 188 cm³/mol. The summed E-state index contributed by atoms with van der Waals surface area (Å²) in [6.45, 7) is -0.590. The van der Waals surface area contributed by atoms with Crippen molar-refractivity contribution in [1.82, 2.24) is 0 Å². The molecule has 1 aliphatic heterocycles. The van der Waals surface area contributed by atoms with Crippen LogP contribution >= 0.6 is 0 Å². The predicted octanol–water partition coefficient (Wildman–Crippen LogP) is 6.45. The van der Waals surface area contributed by atoms with Gasteiger partial charge in [-0.05, 0) is 60.7 Å². The maximum absolute atomic E-state index is 14.1. The molecule has 1 amide bonds. The third-order valence-electron chi connectivity index (χ3n) is 7.91. The standard InChI is InChI=1S/C38H30N2O12S/c41-35(26-13-5-1-6-14-26)48-25-32-33(50-36(42)27-15-7-2-8-16-27)34(52-53(46,47)31-23-21-30(22-24-31)40(44)45)37(49-32)51-38(43)39(28-17-9-3-10-18-28)29-19-11-4-12-20-29/h1-24,32-34,37H,25H2/t32-,33+,34-,37-/m0/s1. The molecule has 0 saturated carbocycles. The van der Waals surface area contributed by atoms with Crippen LogP contribution in [0.15, 0.2) is 150 Å². The molecule has 1 heterocycles. The van der Waals surface area contributed by atoms with Gasteiger partial charge in [0.1, 0.15) is 12.7 Å². The lowest BCUT2D eigenvalue weighted by Crippen LogP contribution is -2.43. The molecule has 0 radical (unpaired) electrons. The van der Waals surface area contributed by atoms with E-state index in [4.69, 9.17) is 23.1 Å². The monoisotopic (exact) mass is 738 g/mol. The van der Waals surface area contributed by atoms with Gasteiger partial charge in [0.05, 0.1) is 32.3 Å². The van der Waals surface area contributed by atoms with Crippen molar-refractivity contribution < 1.29 is 50.9 Å². The highest BCUT2D eigenvalue weighted by Gasteiger charge is 2.53. The number of nitro groups is 1. The van der Waals surface area contributed by atoms with Gasteiger partial charge in [-0.1, -0.05) is 72.8 Å². The summed E-state index contributed by atoms with van der Waals surface area (Å²) in [5.74, 6) is -1.68. The second kappa shape index (κ2) is 16.3. The number of carbonyl (C=O) groups excluding carboxylic acids is 3. The SMILES string of the molecule is O=C(OC[C@@H]1O[C@@H](OC(=O)N(c2ccccc2)c2ccccc2)[C@@H](OS(=O)(=O)c2ccc([N+](=O)[O-])cc2)[C@@H]1OC(=O)c1ccccc1)c1ccccc1. The highest BCUT2D eigenvalue weighted by molar-refractivity contribution is 7.86. The maximum atomic E-state index is 14.1. The zero-order valence-corrected chi connectivity index (χ0v) is 28.4. The lowest BCUT2D eigenvalue weighted by atomic mass is 10.1. The number of hydrogen-bond acceptors (Lipinski definition) is 12. The van der Waals surface area contributed by atoms with Gasteiger partial charge in [-0.25, -0.2) is 19.3 Å². The molecule has 15 heteroatoms. The van der Waals surface area contributed by atoms with Gasteiger partial charge in [-0.15, -0.1) is 0 Å². The van der Waals surface area contributed by atoms with Gasteiger partial charge in [-0.2, -0.15) is 8.42 Å². The van der Waals surface area contributed by atoms with E-state index in [-0.39, 0.29) is 16.8 Å². The van der Waals surface area contributed by atoms with Crippen molar-refractivity contribution in [2.45, 2.75) is 29.5 Å². The summed E-state index contributed by atoms with van der Waals surface area (Å²) in [6, 6.07) is 36.5. The number of amides is 1. The maximum Gasteiger partial charge on any atom is 0.421 e. The van der Waals surface area contributed by atoms with Crippen molar-refractivity contribution in [3.05, 3.63) is 167 Å². The number of para-hydroxylation sites is 2. The number of carbonyl (C=O) groups is 3. The normalized spacial score (nSPS) is 18.0. The van der Waals surface area contributed by atoms with E-state index in [0.29, 0.717) is 11.4 Å². The summed E-state index contributed by atoms with van der Waals surface area (Å²) < 4.78 is 56.2. The van der Waals surface area contributed by atoms with Crippen LogP contribution < -0.4 is 4.90 Å². The molecular formula is C38H30N2O12S. The molecular weight excluding hydrogens is 708 g/mol. The van der Waals surface area contributed by atoms with Gasteiger partial charge in [0.25, 0.3) is 15.8 Å². The summed E-state index contributed by atoms with van der Waals surface area (Å²) in [7, 11) is -4.82. The molecule has 0 aliphatic carbocycles. The molecule has 1 aliphatic rings. The smallest absolute Gasteiger partial charge is 0.421 e. The van der Waals surface area contributed by atoms with Gasteiger partial charge in [0.15, 0.2) is 12.2 Å². The molecule has 1 fully saturated rings. The highest BCUT2D eigenvalue weighted by atomic mass is 32.2. The third kappa shape index (κ3) is 8.73. The van der Waals surface area contributed by atoms with Gasteiger partial charge in [0.2, 0.25) is 6.29 Å². The lowest BCUT2D eigenvalue weighted by Gasteiger charge is -2.26. The Morgan fingerprint density at radius 3 is 1.66 bits per heavy atom. The molecule has 53 heavy (non-hydrogen) atoms. The highest BCUT2D eigenvalue weighted by Crippen LogP contribution is 2.34. The lowest BCUT2D eigenvalue weighted by molar-refractivity contribution is -0.384. The first-order valence-corrected chi connectivity index (χ1v) is 17.4. The second-order valence-electron chi connectivity index (χ2n) is 11.4. The van der Waals surface area contributed by atoms with Crippen molar-refractivity contribution in [3.63, 3.8) is 0 Å². The minimum atomic E-state index is -4.82. The number of esters is 2. The Labute approximate surface area is 303 Å². The number of nitro benzene ring substituents is 1. The molecule has 5 aromatic carbocycles. The van der Waals surface area contributed by atoms with Crippen LogP contribution in [0.4, 0.5) is 21.9 Å². The minimum Gasteiger partial charge on any atom is -0.459 e. The van der Waals surface area contributed by atoms with Gasteiger partial charge < -0.3 is 18.9 Å². The number of non-ortho nitro benzene ring substituents is 1. The van der Waals surface area contributed by atoms with Crippen molar-refractivity contribution in [2.24, 2.45) is 0 Å². The van der Waals surface area contributed by atoms with Crippen LogP contribution in [0.25, 0.3) is 0 Å². The van der Waals surface area contributed by atoms with Gasteiger partial charge in [-0.3, -0.25) is 14.3 Å². The Balaban J connectivity index is 1.37. The van der Waals surface area contributed by atoms with E-state index in [0.717, 1.165) is 24.3 Å². The molecule has 0 aromatic heterocycles. The zero-order valence-electron chi connectivity index (χ0n) is 27.6. The molecule has 0 spiro atoms. The van der Waals surface area contributed by atoms with Crippen molar-refractivity contribution in [3.8, 4) is 0 Å². The average molecular weight is 739 g/mol. The Morgan fingerprint density at radius 1 is 0.660 bits per heavy atom. The molecule has 6 rings (SSSR count).